The van der Waals surface area contributed by atoms with Gasteiger partial charge in [-0.05, 0) is 54.0 Å². The minimum atomic E-state index is -0.398. The molecule has 2 aromatic carbocycles. The molecule has 27 heavy (non-hydrogen) atoms. The summed E-state index contributed by atoms with van der Waals surface area (Å²) in [5, 5.41) is 27.1. The van der Waals surface area contributed by atoms with Gasteiger partial charge in [0.2, 0.25) is 4.77 Å². The number of methoxy groups -OCH3 is 1. The highest BCUT2D eigenvalue weighted by Crippen LogP contribution is 2.37. The van der Waals surface area contributed by atoms with Gasteiger partial charge in [-0.15, -0.1) is 0 Å². The van der Waals surface area contributed by atoms with Gasteiger partial charge in [0.15, 0.2) is 5.82 Å². The lowest BCUT2D eigenvalue weighted by Gasteiger charge is -2.13. The summed E-state index contributed by atoms with van der Waals surface area (Å²) in [5.41, 5.74) is 1.31. The zero-order valence-corrected chi connectivity index (χ0v) is 15.9. The summed E-state index contributed by atoms with van der Waals surface area (Å²) in [7, 11) is 1.54. The van der Waals surface area contributed by atoms with Crippen LogP contribution >= 0.6 is 12.2 Å². The van der Waals surface area contributed by atoms with Gasteiger partial charge < -0.3 is 14.9 Å². The van der Waals surface area contributed by atoms with Crippen LogP contribution < -0.4 is 4.74 Å². The number of phenols is 2. The smallest absolute Gasteiger partial charge is 0.265 e. The van der Waals surface area contributed by atoms with Gasteiger partial charge in [0.1, 0.15) is 17.2 Å². The summed E-state index contributed by atoms with van der Waals surface area (Å²) in [5.74, 6) is 0.186. The summed E-state index contributed by atoms with van der Waals surface area (Å²) in [4.78, 5) is 13.0. The highest BCUT2D eigenvalue weighted by molar-refractivity contribution is 7.71. The van der Waals surface area contributed by atoms with E-state index in [1.54, 1.807) is 37.4 Å². The number of H-pyrrole nitrogens is 1. The van der Waals surface area contributed by atoms with Gasteiger partial charge in [-0.2, -0.15) is 5.10 Å². The fourth-order valence-electron chi connectivity index (χ4n) is 2.76. The topological polar surface area (TPSA) is 100 Å². The fraction of sp³-hybridized carbons (Fsp3) is 0.211. The fourth-order valence-corrected chi connectivity index (χ4v) is 2.98. The molecule has 0 unspecified atom stereocenters. The Bertz CT molecular complexity index is 1050. The average Bonchev–Trinajstić information content (AvgIpc) is 3.02. The van der Waals surface area contributed by atoms with E-state index in [-0.39, 0.29) is 28.0 Å². The molecule has 0 amide bonds. The number of nitrogens with one attached hydrogen (secondary N) is 1. The highest BCUT2D eigenvalue weighted by Gasteiger charge is 2.21. The summed E-state index contributed by atoms with van der Waals surface area (Å²) in [6.07, 6.45) is 0. The number of carbonyl (C=O) groups is 1. The third-order valence-electron chi connectivity index (χ3n) is 4.22. The van der Waals surface area contributed by atoms with E-state index in [0.717, 1.165) is 0 Å². The van der Waals surface area contributed by atoms with Crippen LogP contribution in [0.1, 0.15) is 35.7 Å². The lowest BCUT2D eigenvalue weighted by Crippen LogP contribution is -2.14. The van der Waals surface area contributed by atoms with Gasteiger partial charge in [-0.3, -0.25) is 9.89 Å². The van der Waals surface area contributed by atoms with E-state index in [4.69, 9.17) is 17.0 Å². The molecule has 1 aromatic heterocycles. The second-order valence-corrected chi connectivity index (χ2v) is 6.69. The average molecular weight is 385 g/mol. The number of aromatic hydroxyl groups is 2. The molecule has 7 nitrogen and oxygen atoms in total. The van der Waals surface area contributed by atoms with Crippen molar-refractivity contribution in [3.05, 3.63) is 52.3 Å². The maximum atomic E-state index is 13.0. The molecule has 0 aliphatic carbocycles. The van der Waals surface area contributed by atoms with Crippen molar-refractivity contribution >= 4 is 18.1 Å². The van der Waals surface area contributed by atoms with Crippen molar-refractivity contribution in [3.8, 4) is 28.6 Å². The van der Waals surface area contributed by atoms with Crippen molar-refractivity contribution in [2.24, 2.45) is 0 Å². The van der Waals surface area contributed by atoms with E-state index in [1.807, 2.05) is 13.8 Å². The second kappa shape index (κ2) is 7.24. The van der Waals surface area contributed by atoms with Crippen LogP contribution in [-0.4, -0.2) is 38.0 Å². The van der Waals surface area contributed by atoms with Gasteiger partial charge in [0, 0.05) is 11.6 Å². The summed E-state index contributed by atoms with van der Waals surface area (Å²) in [6, 6.07) is 9.44. The third-order valence-corrected chi connectivity index (χ3v) is 4.49. The number of hydrogen-bond donors (Lipinski definition) is 3. The number of nitrogens with zero attached hydrogens (tertiary/aromatic N) is 2. The van der Waals surface area contributed by atoms with E-state index < -0.39 is 5.91 Å². The first-order valence-electron chi connectivity index (χ1n) is 8.26. The molecule has 0 radical (unpaired) electrons. The SMILES string of the molecule is COc1ccc(C(=O)n2c(-c3cc(C(C)C)c(O)cc3O)n[nH]c2=S)cc1. The molecule has 3 aromatic rings. The van der Waals surface area contributed by atoms with Crippen molar-refractivity contribution in [3.63, 3.8) is 0 Å². The van der Waals surface area contributed by atoms with Crippen molar-refractivity contribution in [1.29, 1.82) is 0 Å². The molecule has 0 aliphatic rings. The quantitative estimate of drug-likeness (QED) is 0.590. The Morgan fingerprint density at radius 1 is 1.19 bits per heavy atom. The van der Waals surface area contributed by atoms with Gasteiger partial charge in [-0.25, -0.2) is 4.57 Å². The zero-order chi connectivity index (χ0) is 19.7. The molecular weight excluding hydrogens is 366 g/mol. The number of phenolic OH excluding ortho intramolecular Hbond substituents is 2. The molecule has 140 valence electrons. The number of hydrogen-bond acceptors (Lipinski definition) is 6. The third kappa shape index (κ3) is 3.43. The maximum absolute atomic E-state index is 13.0. The molecular formula is C19H19N3O4S. The summed E-state index contributed by atoms with van der Waals surface area (Å²) < 4.78 is 6.42. The summed E-state index contributed by atoms with van der Waals surface area (Å²) >= 11 is 5.22. The number of rotatable bonds is 4. The van der Waals surface area contributed by atoms with Gasteiger partial charge in [0.05, 0.1) is 12.7 Å². The van der Waals surface area contributed by atoms with E-state index in [1.165, 1.54) is 10.6 Å². The van der Waals surface area contributed by atoms with E-state index in [2.05, 4.69) is 10.2 Å². The van der Waals surface area contributed by atoms with Crippen LogP contribution in [0.2, 0.25) is 0 Å². The molecule has 0 atom stereocenters. The van der Waals surface area contributed by atoms with Crippen LogP contribution in [0.25, 0.3) is 11.4 Å². The Morgan fingerprint density at radius 2 is 1.85 bits per heavy atom. The van der Waals surface area contributed by atoms with Crippen LogP contribution in [0, 0.1) is 4.77 Å². The van der Waals surface area contributed by atoms with Crippen LogP contribution in [-0.2, 0) is 0 Å². The van der Waals surface area contributed by atoms with E-state index in [0.29, 0.717) is 22.4 Å². The Labute approximate surface area is 160 Å². The van der Waals surface area contributed by atoms with Crippen molar-refractivity contribution < 1.29 is 19.7 Å². The standard InChI is InChI=1S/C19H19N3O4S/c1-10(2)13-8-14(16(24)9-15(13)23)17-20-21-19(27)22(17)18(25)11-4-6-12(26-3)7-5-11/h4-10,23-24H,1-3H3,(H,21,27). The zero-order valence-electron chi connectivity index (χ0n) is 15.1. The highest BCUT2D eigenvalue weighted by atomic mass is 32.1. The Kier molecular flexibility index (Phi) is 5.00. The van der Waals surface area contributed by atoms with Crippen molar-refractivity contribution in [1.82, 2.24) is 14.8 Å². The van der Waals surface area contributed by atoms with Gasteiger partial charge in [0.25, 0.3) is 5.91 Å². The maximum Gasteiger partial charge on any atom is 0.265 e. The largest absolute Gasteiger partial charge is 0.508 e. The first-order chi connectivity index (χ1) is 12.8. The van der Waals surface area contributed by atoms with E-state index >= 15 is 0 Å². The predicted octanol–water partition coefficient (Wildman–Crippen LogP) is 3.84. The molecule has 0 aliphatic heterocycles. The molecule has 1 heterocycles. The van der Waals surface area contributed by atoms with Crippen LogP contribution in [0.15, 0.2) is 36.4 Å². The monoisotopic (exact) mass is 385 g/mol. The van der Waals surface area contributed by atoms with Crippen molar-refractivity contribution in [2.45, 2.75) is 19.8 Å². The number of carbonyl (C=O) groups excluding carboxylic acids is 1. The Hall–Kier alpha value is -3.13. The Morgan fingerprint density at radius 3 is 2.44 bits per heavy atom. The molecule has 8 heteroatoms. The minimum Gasteiger partial charge on any atom is -0.508 e. The molecule has 0 saturated carbocycles. The molecule has 3 rings (SSSR count). The molecule has 0 bridgehead atoms. The molecule has 0 spiro atoms. The molecule has 3 N–H and O–H groups in total. The first-order valence-corrected chi connectivity index (χ1v) is 8.66. The summed E-state index contributed by atoms with van der Waals surface area (Å²) in [6.45, 7) is 3.82. The van der Waals surface area contributed by atoms with E-state index in [9.17, 15) is 15.0 Å². The molecule has 0 fully saturated rings. The number of ether oxygens (including phenoxy) is 1. The van der Waals surface area contributed by atoms with Gasteiger partial charge in [-0.1, -0.05) is 13.8 Å². The lowest BCUT2D eigenvalue weighted by atomic mass is 9.98. The van der Waals surface area contributed by atoms with Crippen molar-refractivity contribution in [2.75, 3.05) is 7.11 Å². The number of aromatic nitrogens is 3. The van der Waals surface area contributed by atoms with Crippen LogP contribution in [0.4, 0.5) is 0 Å². The predicted molar refractivity (Wildman–Crippen MR) is 103 cm³/mol. The van der Waals surface area contributed by atoms with Gasteiger partial charge >= 0.3 is 0 Å². The normalized spacial score (nSPS) is 11.0. The lowest BCUT2D eigenvalue weighted by molar-refractivity contribution is 0.0960. The molecule has 0 saturated heterocycles. The minimum absolute atomic E-state index is 0.0111. The number of aromatic amines is 1. The Balaban J connectivity index is 2.14. The van der Waals surface area contributed by atoms with Crippen LogP contribution in [0.5, 0.6) is 17.2 Å². The first kappa shape index (κ1) is 18.7. The van der Waals surface area contributed by atoms with Crippen LogP contribution in [0.3, 0.4) is 0 Å². The number of benzene rings is 2. The second-order valence-electron chi connectivity index (χ2n) is 6.30.